The lowest BCUT2D eigenvalue weighted by Gasteiger charge is -2.43. The van der Waals surface area contributed by atoms with E-state index in [0.717, 1.165) is 12.1 Å². The molecular formula is C63H41O36+. The molecule has 5 atom stereocenters. The van der Waals surface area contributed by atoms with Crippen LogP contribution in [0.15, 0.2) is 83.3 Å². The molecule has 0 bridgehead atoms. The largest absolute Gasteiger partial charge is 0.507 e. The summed E-state index contributed by atoms with van der Waals surface area (Å²) in [7, 11) is 0. The number of carboxylic acid groups (broad SMARTS) is 1. The highest BCUT2D eigenvalue weighted by molar-refractivity contribution is 6.13. The number of carboxylic acids is 1. The molecule has 99 heavy (non-hydrogen) atoms. The second-order valence-electron chi connectivity index (χ2n) is 21.6. The van der Waals surface area contributed by atoms with Crippen molar-refractivity contribution < 1.29 is 178 Å². The number of phenols is 20. The van der Waals surface area contributed by atoms with E-state index < -0.39 is 289 Å². The Kier molecular flexibility index (Phi) is 15.4. The molecule has 1 saturated heterocycles. The zero-order chi connectivity index (χ0) is 71.6. The molecule has 0 saturated carbocycles. The van der Waals surface area contributed by atoms with Gasteiger partial charge in [0, 0.05) is 41.0 Å². The molecule has 36 heteroatoms. The van der Waals surface area contributed by atoms with Crippen molar-refractivity contribution in [1.29, 1.82) is 0 Å². The molecular weight excluding hydrogens is 1330 g/mol. The highest BCUT2D eigenvalue weighted by Gasteiger charge is 2.56. The molecule has 8 aromatic carbocycles. The number of aromatic carboxylic acids is 1. The lowest BCUT2D eigenvalue weighted by molar-refractivity contribution is -0.282. The maximum Gasteiger partial charge on any atom is 0.403 e. The second-order valence-corrected chi connectivity index (χ2v) is 21.6. The fraction of sp³-hybridized carbons (Fsp3) is 0.0952. The Bertz CT molecular complexity index is 5000. The van der Waals surface area contributed by atoms with E-state index in [1.165, 1.54) is 0 Å². The minimum absolute atomic E-state index is 0.301. The third-order valence-corrected chi connectivity index (χ3v) is 15.4. The molecule has 508 valence electrons. The number of hydrogen-bond acceptors (Lipinski definition) is 34. The van der Waals surface area contributed by atoms with Crippen LogP contribution >= 0.6 is 0 Å². The van der Waals surface area contributed by atoms with Crippen LogP contribution in [0.4, 0.5) is 0 Å². The highest BCUT2D eigenvalue weighted by Crippen LogP contribution is 2.62. The number of rotatable bonds is 10. The number of benzene rings is 8. The number of esters is 5. The monoisotopic (exact) mass is 1370 g/mol. The van der Waals surface area contributed by atoms with Gasteiger partial charge in [-0.05, 0) is 48.5 Å². The zero-order valence-electron chi connectivity index (χ0n) is 48.6. The first-order chi connectivity index (χ1) is 46.7. The van der Waals surface area contributed by atoms with Gasteiger partial charge in [-0.25, -0.2) is 33.2 Å². The first kappa shape index (κ1) is 64.6. The van der Waals surface area contributed by atoms with Gasteiger partial charge in [0.2, 0.25) is 35.4 Å². The fourth-order valence-electron chi connectivity index (χ4n) is 10.8. The van der Waals surface area contributed by atoms with Gasteiger partial charge in [-0.15, -0.1) is 0 Å². The van der Waals surface area contributed by atoms with Gasteiger partial charge in [-0.3, -0.25) is 0 Å². The van der Waals surface area contributed by atoms with E-state index in [0.29, 0.717) is 66.7 Å². The van der Waals surface area contributed by atoms with E-state index >= 15 is 9.59 Å². The minimum Gasteiger partial charge on any atom is -0.507 e. The molecule has 5 unspecified atom stereocenters. The standard InChI is InChI=1S/C63H40O36/c64-19-9-33-40-34(10-19)93-53-39(20(57(84)85)11-32(74)47(53)80)41(40)54(51(92-33)15-1-23(65)42(75)24(66)2-15)94-35-13-22-38(50(83)48(35)81)37-21(12-31(73)46(79)49(37)82)62(90)96-52-36(14-91-61(22)89)95-63(99-60(88)18-7-29(71)45(78)30(72)8-18)56(98-59(87)17-5-27(69)44(77)28(70)6-17)55(52)97-58(86)16-3-25(67)43(76)26(68)4-16/h1-13,36,52,55-56,63H,14H2,(H20-,64,65,66,67,68,69,70,71,72,73,74,75,76,77,78,79,80,81,82,83,84,85,86,87,88,89,90)/p+1. The third kappa shape index (κ3) is 10.8. The molecule has 0 spiro atoms. The molecule has 12 rings (SSSR count). The molecule has 0 radical (unpaired) electrons. The minimum atomic E-state index is -2.74. The van der Waals surface area contributed by atoms with E-state index in [9.17, 15) is 126 Å². The number of fused-ring (bicyclic) bond motifs is 6. The van der Waals surface area contributed by atoms with Crippen molar-refractivity contribution >= 4 is 46.8 Å². The van der Waals surface area contributed by atoms with Crippen molar-refractivity contribution in [1.82, 2.24) is 0 Å². The second kappa shape index (κ2) is 23.5. The quantitative estimate of drug-likeness (QED) is 0.0316. The van der Waals surface area contributed by atoms with Gasteiger partial charge in [-0.2, -0.15) is 0 Å². The van der Waals surface area contributed by atoms with E-state index in [1.54, 1.807) is 0 Å². The van der Waals surface area contributed by atoms with Gasteiger partial charge in [0.1, 0.15) is 29.6 Å². The molecule has 1 aromatic heterocycles. The molecule has 4 heterocycles. The van der Waals surface area contributed by atoms with Gasteiger partial charge >= 0.3 is 47.2 Å². The van der Waals surface area contributed by atoms with E-state index in [1.807, 2.05) is 0 Å². The van der Waals surface area contributed by atoms with Crippen molar-refractivity contribution in [2.24, 2.45) is 0 Å². The first-order valence-electron chi connectivity index (χ1n) is 27.6. The van der Waals surface area contributed by atoms with E-state index in [4.69, 9.17) is 42.3 Å². The van der Waals surface area contributed by atoms with Gasteiger partial charge in [0.05, 0.1) is 50.6 Å². The van der Waals surface area contributed by atoms with Crippen LogP contribution in [-0.2, 0) is 28.4 Å². The Balaban J connectivity index is 1.07. The van der Waals surface area contributed by atoms with Crippen molar-refractivity contribution in [2.45, 2.75) is 30.7 Å². The van der Waals surface area contributed by atoms with Crippen LogP contribution in [0.2, 0.25) is 0 Å². The lowest BCUT2D eigenvalue weighted by atomic mass is 9.90. The number of aromatic hydroxyl groups is 20. The smallest absolute Gasteiger partial charge is 0.403 e. The lowest BCUT2D eigenvalue weighted by Crippen LogP contribution is -2.63. The highest BCUT2D eigenvalue weighted by atomic mass is 16.7. The summed E-state index contributed by atoms with van der Waals surface area (Å²) < 4.78 is 52.8. The van der Waals surface area contributed by atoms with Crippen LogP contribution in [0, 0.1) is 0 Å². The van der Waals surface area contributed by atoms with Crippen LogP contribution in [-0.4, -0.2) is 180 Å². The average Bonchev–Trinajstić information content (AvgIpc) is 0.871. The topological polar surface area (TPSA) is 612 Å². The van der Waals surface area contributed by atoms with Crippen LogP contribution in [0.3, 0.4) is 0 Å². The summed E-state index contributed by atoms with van der Waals surface area (Å²) in [5.41, 5.74) is -11.2. The molecule has 0 aliphatic carbocycles. The van der Waals surface area contributed by atoms with E-state index in [-0.39, 0.29) is 0 Å². The fourth-order valence-corrected chi connectivity index (χ4v) is 10.8. The predicted octanol–water partition coefficient (Wildman–Crippen LogP) is 6.15. The molecule has 21 N–H and O–H groups in total. The molecule has 3 aliphatic rings. The summed E-state index contributed by atoms with van der Waals surface area (Å²) in [6.07, 6.45) is -13.2. The maximum atomic E-state index is 15.2. The first-order valence-corrected chi connectivity index (χ1v) is 27.6. The third-order valence-electron chi connectivity index (χ3n) is 15.4. The Hall–Kier alpha value is -14.5. The van der Waals surface area contributed by atoms with Crippen molar-refractivity contribution in [3.63, 3.8) is 0 Å². The number of carbonyl (C=O) groups excluding carboxylic acids is 5. The summed E-state index contributed by atoms with van der Waals surface area (Å²) in [5.74, 6) is -40.3. The molecule has 9 aromatic rings. The maximum absolute atomic E-state index is 15.2. The van der Waals surface area contributed by atoms with Gasteiger partial charge in [0.15, 0.2) is 116 Å². The Morgan fingerprint density at radius 2 is 0.919 bits per heavy atom. The van der Waals surface area contributed by atoms with Crippen LogP contribution in [0.25, 0.3) is 44.5 Å². The summed E-state index contributed by atoms with van der Waals surface area (Å²) >= 11 is 0. The number of hydrogen-bond donors (Lipinski definition) is 21. The number of phenolic OH excluding ortho intramolecular Hbond substituents is 20. The molecule has 0 amide bonds. The van der Waals surface area contributed by atoms with Crippen LogP contribution in [0.5, 0.6) is 138 Å². The number of carbonyl (C=O) groups is 6. The number of ether oxygens (including phenoxy) is 8. The van der Waals surface area contributed by atoms with Gasteiger partial charge < -0.3 is 145 Å². The summed E-state index contributed by atoms with van der Waals surface area (Å²) in [6.45, 7) is -1.50. The predicted molar refractivity (Wildman–Crippen MR) is 315 cm³/mol. The number of cyclic esters (lactones) is 1. The Morgan fingerprint density at radius 3 is 1.44 bits per heavy atom. The molecule has 36 nitrogen and oxygen atoms in total. The Labute approximate surface area is 544 Å². The van der Waals surface area contributed by atoms with Gasteiger partial charge in [0.25, 0.3) is 0 Å². The van der Waals surface area contributed by atoms with Crippen molar-refractivity contribution in [2.75, 3.05) is 6.61 Å². The summed E-state index contributed by atoms with van der Waals surface area (Å²) in [5, 5.41) is 227. The molecule has 1 fully saturated rings. The van der Waals surface area contributed by atoms with Gasteiger partial charge in [-0.1, -0.05) is 0 Å². The summed E-state index contributed by atoms with van der Waals surface area (Å²) in [4.78, 5) is 86.4. The normalized spacial score (nSPS) is 16.8. The SMILES string of the molecule is O=C(OC1OC2COC(=O)c3cc(Oc4c(-c5cc(O)c(O)c(O)c5)[o+]c5cc(O)cc6c5c4-c4c(C(=O)O)cc(O)c(O)c4O6)c(O)c(O)c3-c3c(cc(O)c(O)c3O)C(=O)OC2C(OC(=O)c2cc(O)c(O)c(O)c2)C1OC(=O)c1cc(O)c(O)c(O)c1)c1cc(O)c(O)c(O)c1. The Morgan fingerprint density at radius 1 is 0.455 bits per heavy atom. The summed E-state index contributed by atoms with van der Waals surface area (Å²) in [6, 6.07) is 7.42. The zero-order valence-corrected chi connectivity index (χ0v) is 48.6. The van der Waals surface area contributed by atoms with Crippen LogP contribution in [0.1, 0.15) is 62.1 Å². The average molecular weight is 1370 g/mol. The van der Waals surface area contributed by atoms with Crippen molar-refractivity contribution in [3.05, 3.63) is 112 Å². The molecule has 3 aliphatic heterocycles. The van der Waals surface area contributed by atoms with Crippen molar-refractivity contribution in [3.8, 4) is 172 Å². The van der Waals surface area contributed by atoms with E-state index in [2.05, 4.69) is 0 Å². The van der Waals surface area contributed by atoms with Crippen LogP contribution < -0.4 is 9.47 Å².